The number of hydrogen-bond acceptors (Lipinski definition) is 6. The topological polar surface area (TPSA) is 153 Å². The smallest absolute Gasteiger partial charge is 0.257 e. The van der Waals surface area contributed by atoms with Crippen molar-refractivity contribution in [3.63, 3.8) is 0 Å². The largest absolute Gasteiger partial charge is 0.322 e. The first-order valence-corrected chi connectivity index (χ1v) is 12.2. The van der Waals surface area contributed by atoms with Crippen LogP contribution in [0.1, 0.15) is 41.7 Å². The molecule has 1 saturated carbocycles. The summed E-state index contributed by atoms with van der Waals surface area (Å²) in [4.78, 5) is 26.4. The molecule has 11 heteroatoms. The molecule has 0 bridgehead atoms. The van der Waals surface area contributed by atoms with Gasteiger partial charge in [-0.2, -0.15) is 10.2 Å². The van der Waals surface area contributed by atoms with Crippen molar-refractivity contribution >= 4 is 27.4 Å². The number of Topliss-reactive ketones (excluding diaryl/α,β-unsaturated/α-hetero) is 1. The van der Waals surface area contributed by atoms with E-state index in [9.17, 15) is 18.0 Å². The molecular formula is C22H26N6O4S. The van der Waals surface area contributed by atoms with Crippen molar-refractivity contribution in [1.82, 2.24) is 20.0 Å². The predicted molar refractivity (Wildman–Crippen MR) is 122 cm³/mol. The fourth-order valence-corrected chi connectivity index (χ4v) is 5.24. The predicted octanol–water partition coefficient (Wildman–Crippen LogP) is 2.39. The number of amides is 1. The van der Waals surface area contributed by atoms with E-state index in [0.717, 1.165) is 34.5 Å². The number of nitrogens with two attached hydrogens (primary N) is 1. The number of H-pyrrole nitrogens is 1. The number of carbonyl (C=O) groups is 2. The van der Waals surface area contributed by atoms with Crippen molar-refractivity contribution < 1.29 is 18.0 Å². The lowest BCUT2D eigenvalue weighted by molar-refractivity contribution is -0.122. The first-order chi connectivity index (χ1) is 15.6. The minimum Gasteiger partial charge on any atom is -0.322 e. The number of aromatic nitrogens is 4. The molecule has 1 fully saturated rings. The van der Waals surface area contributed by atoms with Gasteiger partial charge in [-0.1, -0.05) is 37.1 Å². The monoisotopic (exact) mass is 470 g/mol. The Morgan fingerprint density at radius 1 is 1.15 bits per heavy atom. The molecule has 4 rings (SSSR count). The summed E-state index contributed by atoms with van der Waals surface area (Å²) >= 11 is 0. The van der Waals surface area contributed by atoms with Gasteiger partial charge in [0.25, 0.3) is 10.0 Å². The Kier molecular flexibility index (Phi) is 6.17. The fraction of sp³-hybridized carbons (Fsp3) is 0.364. The van der Waals surface area contributed by atoms with Crippen molar-refractivity contribution in [3.05, 3.63) is 47.8 Å². The molecule has 10 nitrogen and oxygen atoms in total. The molecule has 2 atom stereocenters. The summed E-state index contributed by atoms with van der Waals surface area (Å²) in [6, 6.07) is 9.12. The maximum absolute atomic E-state index is 13.3. The summed E-state index contributed by atoms with van der Waals surface area (Å²) < 4.78 is 24.9. The number of anilines is 1. The number of carbonyl (C=O) groups excluding carboxylic acids is 2. The van der Waals surface area contributed by atoms with Gasteiger partial charge in [0.05, 0.1) is 17.6 Å². The summed E-state index contributed by atoms with van der Waals surface area (Å²) in [5.41, 5.74) is 3.17. The van der Waals surface area contributed by atoms with Gasteiger partial charge in [0.1, 0.15) is 0 Å². The number of ketones is 1. The third-order valence-electron chi connectivity index (χ3n) is 6.02. The molecule has 0 aliphatic heterocycles. The molecule has 1 amide bonds. The van der Waals surface area contributed by atoms with Crippen molar-refractivity contribution in [2.24, 2.45) is 24.0 Å². The zero-order valence-electron chi connectivity index (χ0n) is 18.4. The average molecular weight is 471 g/mol. The highest BCUT2D eigenvalue weighted by Crippen LogP contribution is 2.34. The van der Waals surface area contributed by atoms with Crippen LogP contribution < -0.4 is 10.5 Å². The van der Waals surface area contributed by atoms with E-state index in [2.05, 4.69) is 20.6 Å². The summed E-state index contributed by atoms with van der Waals surface area (Å²) in [7, 11) is -2.66. The highest BCUT2D eigenvalue weighted by molar-refractivity contribution is 7.89. The molecule has 2 heterocycles. The van der Waals surface area contributed by atoms with E-state index in [1.165, 1.54) is 13.2 Å². The van der Waals surface area contributed by atoms with Gasteiger partial charge in [0.2, 0.25) is 5.91 Å². The van der Waals surface area contributed by atoms with Crippen LogP contribution in [0.25, 0.3) is 11.3 Å². The van der Waals surface area contributed by atoms with Crippen LogP contribution in [0.2, 0.25) is 0 Å². The number of sulfonamides is 1. The Morgan fingerprint density at radius 2 is 1.82 bits per heavy atom. The van der Waals surface area contributed by atoms with Gasteiger partial charge in [-0.05, 0) is 25.8 Å². The molecule has 1 aliphatic carbocycles. The molecule has 1 aliphatic rings. The maximum Gasteiger partial charge on any atom is 0.257 e. The number of hydrogen-bond donors (Lipinski definition) is 3. The standard InChI is InChI=1S/C22H26N6O4S/c1-13-11-18(27-26-13)14-7-9-15(10-8-14)20(29)16-5-3-4-6-17(16)21(30)25-19-12-24-28(2)22(19)33(23,31)32/h7-12,16-17H,3-6H2,1-2H3,(H,25,30)(H,26,27)(H2,23,31,32). The Balaban J connectivity index is 1.54. The molecular weight excluding hydrogens is 444 g/mol. The second kappa shape index (κ2) is 8.91. The van der Waals surface area contributed by atoms with E-state index in [1.54, 1.807) is 12.1 Å². The molecule has 0 spiro atoms. The molecule has 174 valence electrons. The Hall–Kier alpha value is -3.31. The number of primary sulfonamides is 1. The van der Waals surface area contributed by atoms with Crippen LogP contribution in [0.4, 0.5) is 5.69 Å². The zero-order chi connectivity index (χ0) is 23.8. The van der Waals surface area contributed by atoms with E-state index >= 15 is 0 Å². The third-order valence-corrected chi connectivity index (χ3v) is 7.05. The first kappa shape index (κ1) is 22.9. The van der Waals surface area contributed by atoms with Gasteiger partial charge in [0.15, 0.2) is 10.8 Å². The van der Waals surface area contributed by atoms with Crippen LogP contribution >= 0.6 is 0 Å². The normalized spacial score (nSPS) is 18.8. The van der Waals surface area contributed by atoms with Crippen LogP contribution in [-0.2, 0) is 21.9 Å². The lowest BCUT2D eigenvalue weighted by Gasteiger charge is -2.29. The molecule has 4 N–H and O–H groups in total. The Labute approximate surface area is 191 Å². The van der Waals surface area contributed by atoms with Gasteiger partial charge in [-0.25, -0.2) is 13.6 Å². The van der Waals surface area contributed by atoms with Gasteiger partial charge in [-0.3, -0.25) is 19.4 Å². The number of rotatable bonds is 6. The molecule has 0 radical (unpaired) electrons. The molecule has 1 aromatic carbocycles. The number of aromatic amines is 1. The lowest BCUT2D eigenvalue weighted by Crippen LogP contribution is -2.36. The molecule has 33 heavy (non-hydrogen) atoms. The fourth-order valence-electron chi connectivity index (χ4n) is 4.42. The highest BCUT2D eigenvalue weighted by Gasteiger charge is 2.37. The minimum atomic E-state index is -4.08. The van der Waals surface area contributed by atoms with Gasteiger partial charge in [-0.15, -0.1) is 0 Å². The van der Waals surface area contributed by atoms with Gasteiger partial charge < -0.3 is 5.32 Å². The van der Waals surface area contributed by atoms with E-state index in [0.29, 0.717) is 18.4 Å². The number of benzene rings is 1. The third kappa shape index (κ3) is 4.74. The van der Waals surface area contributed by atoms with E-state index in [4.69, 9.17) is 5.14 Å². The number of nitrogens with one attached hydrogen (secondary N) is 2. The quantitative estimate of drug-likeness (QED) is 0.470. The highest BCUT2D eigenvalue weighted by atomic mass is 32.2. The van der Waals surface area contributed by atoms with Crippen molar-refractivity contribution in [2.45, 2.75) is 37.6 Å². The van der Waals surface area contributed by atoms with Crippen molar-refractivity contribution in [3.8, 4) is 11.3 Å². The Morgan fingerprint density at radius 3 is 2.42 bits per heavy atom. The molecule has 0 saturated heterocycles. The lowest BCUT2D eigenvalue weighted by atomic mass is 9.75. The van der Waals surface area contributed by atoms with Crippen LogP contribution in [0.15, 0.2) is 41.6 Å². The zero-order valence-corrected chi connectivity index (χ0v) is 19.2. The van der Waals surface area contributed by atoms with Crippen molar-refractivity contribution in [1.29, 1.82) is 0 Å². The second-order valence-corrected chi connectivity index (χ2v) is 9.87. The van der Waals surface area contributed by atoms with Crippen molar-refractivity contribution in [2.75, 3.05) is 5.32 Å². The van der Waals surface area contributed by atoms with Crippen LogP contribution in [0.3, 0.4) is 0 Å². The number of nitrogens with zero attached hydrogens (tertiary/aromatic N) is 3. The first-order valence-electron chi connectivity index (χ1n) is 10.7. The van der Waals surface area contributed by atoms with Crippen LogP contribution in [0.5, 0.6) is 0 Å². The summed E-state index contributed by atoms with van der Waals surface area (Å²) in [5.74, 6) is -1.58. The maximum atomic E-state index is 13.3. The minimum absolute atomic E-state index is 0.0143. The number of aryl methyl sites for hydroxylation is 2. The average Bonchev–Trinajstić information content (AvgIpc) is 3.38. The Bertz CT molecular complexity index is 1290. The molecule has 2 unspecified atom stereocenters. The van der Waals surface area contributed by atoms with E-state index in [-0.39, 0.29) is 16.5 Å². The summed E-state index contributed by atoms with van der Waals surface area (Å²) in [6.07, 6.45) is 4.03. The van der Waals surface area contributed by atoms with Crippen LogP contribution in [0, 0.1) is 18.8 Å². The summed E-state index contributed by atoms with van der Waals surface area (Å²) in [5, 5.41) is 18.6. The summed E-state index contributed by atoms with van der Waals surface area (Å²) in [6.45, 7) is 1.92. The second-order valence-electron chi connectivity index (χ2n) is 8.40. The van der Waals surface area contributed by atoms with E-state index in [1.807, 2.05) is 25.1 Å². The van der Waals surface area contributed by atoms with Crippen LogP contribution in [-0.4, -0.2) is 40.1 Å². The SMILES string of the molecule is Cc1cc(-c2ccc(C(=O)C3CCCCC3C(=O)Nc3cnn(C)c3S(N)(=O)=O)cc2)n[nH]1. The van der Waals surface area contributed by atoms with E-state index < -0.39 is 27.8 Å². The van der Waals surface area contributed by atoms with Gasteiger partial charge >= 0.3 is 0 Å². The molecule has 3 aromatic rings. The van der Waals surface area contributed by atoms with Gasteiger partial charge in [0, 0.05) is 35.7 Å². The molecule has 2 aromatic heterocycles.